The second-order valence-corrected chi connectivity index (χ2v) is 5.43. The van der Waals surface area contributed by atoms with Crippen molar-refractivity contribution in [3.63, 3.8) is 0 Å². The van der Waals surface area contributed by atoms with E-state index in [0.717, 1.165) is 12.8 Å². The topological polar surface area (TPSA) is 66.8 Å². The highest BCUT2D eigenvalue weighted by Crippen LogP contribution is 2.33. The molecule has 21 heavy (non-hydrogen) atoms. The lowest BCUT2D eigenvalue weighted by atomic mass is 9.78. The van der Waals surface area contributed by atoms with Gasteiger partial charge in [-0.25, -0.2) is 0 Å². The lowest BCUT2D eigenvalue weighted by molar-refractivity contribution is -0.148. The number of ether oxygens (including phenoxy) is 1. The van der Waals surface area contributed by atoms with Gasteiger partial charge < -0.3 is 14.7 Å². The van der Waals surface area contributed by atoms with Crippen LogP contribution in [0, 0.1) is 11.8 Å². The Morgan fingerprint density at radius 1 is 1.24 bits per heavy atom. The predicted octanol–water partition coefficient (Wildman–Crippen LogP) is 2.55. The minimum absolute atomic E-state index is 0.129. The summed E-state index contributed by atoms with van der Waals surface area (Å²) >= 11 is 0. The zero-order valence-electron chi connectivity index (χ0n) is 12.4. The number of nitrogens with zero attached hydrogens (tertiary/aromatic N) is 1. The van der Waals surface area contributed by atoms with E-state index < -0.39 is 17.8 Å². The molecule has 5 heteroatoms. The molecule has 0 radical (unpaired) electrons. The van der Waals surface area contributed by atoms with Gasteiger partial charge in [0.15, 0.2) is 0 Å². The average molecular weight is 291 g/mol. The van der Waals surface area contributed by atoms with Crippen LogP contribution in [0.5, 0.6) is 5.75 Å². The summed E-state index contributed by atoms with van der Waals surface area (Å²) in [6.45, 7) is 0. The lowest BCUT2D eigenvalue weighted by Gasteiger charge is -2.31. The number of hydrogen-bond donors (Lipinski definition) is 1. The van der Waals surface area contributed by atoms with E-state index in [1.807, 2.05) is 18.2 Å². The monoisotopic (exact) mass is 291 g/mol. The van der Waals surface area contributed by atoms with E-state index in [1.54, 1.807) is 20.2 Å². The van der Waals surface area contributed by atoms with Crippen LogP contribution in [0.4, 0.5) is 5.69 Å². The predicted molar refractivity (Wildman–Crippen MR) is 79.5 cm³/mol. The van der Waals surface area contributed by atoms with Gasteiger partial charge in [-0.3, -0.25) is 9.59 Å². The van der Waals surface area contributed by atoms with Crippen LogP contribution in [0.3, 0.4) is 0 Å². The van der Waals surface area contributed by atoms with Crippen molar-refractivity contribution in [3.8, 4) is 5.75 Å². The minimum atomic E-state index is -0.868. The molecule has 2 rings (SSSR count). The summed E-state index contributed by atoms with van der Waals surface area (Å²) in [5.41, 5.74) is 0.717. The summed E-state index contributed by atoms with van der Waals surface area (Å²) in [7, 11) is 3.26. The van der Waals surface area contributed by atoms with E-state index in [0.29, 0.717) is 24.3 Å². The number of methoxy groups -OCH3 is 1. The number of amides is 1. The van der Waals surface area contributed by atoms with Crippen LogP contribution in [0.1, 0.15) is 25.7 Å². The number of carboxylic acids is 1. The van der Waals surface area contributed by atoms with Crippen molar-refractivity contribution in [2.75, 3.05) is 19.1 Å². The molecule has 0 saturated heterocycles. The van der Waals surface area contributed by atoms with Crippen molar-refractivity contribution in [2.24, 2.45) is 11.8 Å². The van der Waals surface area contributed by atoms with E-state index in [9.17, 15) is 14.7 Å². The summed E-state index contributed by atoms with van der Waals surface area (Å²) in [6, 6.07) is 7.21. The fraction of sp³-hybridized carbons (Fsp3) is 0.500. The van der Waals surface area contributed by atoms with E-state index >= 15 is 0 Å². The van der Waals surface area contributed by atoms with Crippen molar-refractivity contribution >= 4 is 17.6 Å². The molecule has 1 N–H and O–H groups in total. The number of aliphatic carboxylic acids is 1. The first-order valence-corrected chi connectivity index (χ1v) is 7.19. The van der Waals surface area contributed by atoms with Gasteiger partial charge in [0.25, 0.3) is 0 Å². The Balaban J connectivity index is 2.18. The number of carboxylic acid groups (broad SMARTS) is 1. The highest BCUT2D eigenvalue weighted by atomic mass is 16.5. The molecule has 2 unspecified atom stereocenters. The van der Waals surface area contributed by atoms with E-state index in [1.165, 1.54) is 4.90 Å². The average Bonchev–Trinajstić information content (AvgIpc) is 2.53. The molecule has 2 atom stereocenters. The second kappa shape index (κ2) is 6.61. The Bertz CT molecular complexity index is 529. The first-order valence-electron chi connectivity index (χ1n) is 7.19. The first-order chi connectivity index (χ1) is 10.0. The van der Waals surface area contributed by atoms with Gasteiger partial charge in [-0.1, -0.05) is 18.9 Å². The van der Waals surface area contributed by atoms with Crippen LogP contribution in [0.2, 0.25) is 0 Å². The third-order valence-electron chi connectivity index (χ3n) is 4.17. The van der Waals surface area contributed by atoms with Crippen molar-refractivity contribution in [1.29, 1.82) is 0 Å². The summed E-state index contributed by atoms with van der Waals surface area (Å²) in [4.78, 5) is 25.5. The molecule has 1 amide bonds. The molecule has 1 aliphatic carbocycles. The number of carbonyl (C=O) groups excluding carboxylic acids is 1. The van der Waals surface area contributed by atoms with E-state index in [-0.39, 0.29) is 5.91 Å². The fourth-order valence-corrected chi connectivity index (χ4v) is 2.92. The van der Waals surface area contributed by atoms with Gasteiger partial charge in [0.2, 0.25) is 5.91 Å². The van der Waals surface area contributed by atoms with Gasteiger partial charge in [-0.2, -0.15) is 0 Å². The van der Waals surface area contributed by atoms with Crippen molar-refractivity contribution in [2.45, 2.75) is 25.7 Å². The quantitative estimate of drug-likeness (QED) is 0.925. The summed E-state index contributed by atoms with van der Waals surface area (Å²) < 4.78 is 5.16. The van der Waals surface area contributed by atoms with Crippen LogP contribution in [0.15, 0.2) is 24.3 Å². The van der Waals surface area contributed by atoms with Crippen molar-refractivity contribution in [1.82, 2.24) is 0 Å². The SMILES string of the molecule is COc1cccc(N(C)C(=O)C2CCCCC2C(=O)O)c1. The lowest BCUT2D eigenvalue weighted by Crippen LogP contribution is -2.40. The van der Waals surface area contributed by atoms with Gasteiger partial charge in [0, 0.05) is 18.8 Å². The standard InChI is InChI=1S/C16H21NO4/c1-17(11-6-5-7-12(10-11)21-2)15(18)13-8-3-4-9-14(13)16(19)20/h5-7,10,13-14H,3-4,8-9H2,1-2H3,(H,19,20). The Morgan fingerprint density at radius 3 is 2.52 bits per heavy atom. The number of benzene rings is 1. The van der Waals surface area contributed by atoms with Gasteiger partial charge in [0.1, 0.15) is 5.75 Å². The van der Waals surface area contributed by atoms with Crippen LogP contribution in [-0.4, -0.2) is 31.1 Å². The maximum Gasteiger partial charge on any atom is 0.307 e. The summed E-state index contributed by atoms with van der Waals surface area (Å²) in [6.07, 6.45) is 3.01. The molecule has 1 aliphatic rings. The van der Waals surface area contributed by atoms with Crippen LogP contribution in [0.25, 0.3) is 0 Å². The van der Waals surface area contributed by atoms with Gasteiger partial charge >= 0.3 is 5.97 Å². The Labute approximate surface area is 124 Å². The van der Waals surface area contributed by atoms with Gasteiger partial charge in [-0.05, 0) is 25.0 Å². The molecule has 1 aromatic rings. The van der Waals surface area contributed by atoms with Gasteiger partial charge in [0.05, 0.1) is 18.9 Å². The molecular weight excluding hydrogens is 270 g/mol. The molecule has 114 valence electrons. The van der Waals surface area contributed by atoms with Crippen molar-refractivity contribution < 1.29 is 19.4 Å². The maximum absolute atomic E-state index is 12.6. The smallest absolute Gasteiger partial charge is 0.307 e. The highest BCUT2D eigenvalue weighted by molar-refractivity contribution is 5.97. The maximum atomic E-state index is 12.6. The largest absolute Gasteiger partial charge is 0.497 e. The molecule has 0 heterocycles. The third-order valence-corrected chi connectivity index (χ3v) is 4.17. The molecule has 1 fully saturated rings. The Hall–Kier alpha value is -2.04. The Morgan fingerprint density at radius 2 is 1.90 bits per heavy atom. The highest BCUT2D eigenvalue weighted by Gasteiger charge is 2.37. The number of hydrogen-bond acceptors (Lipinski definition) is 3. The van der Waals surface area contributed by atoms with Gasteiger partial charge in [-0.15, -0.1) is 0 Å². The number of rotatable bonds is 4. The molecule has 0 spiro atoms. The molecule has 0 bridgehead atoms. The van der Waals surface area contributed by atoms with E-state index in [4.69, 9.17) is 4.74 Å². The number of carbonyl (C=O) groups is 2. The van der Waals surface area contributed by atoms with E-state index in [2.05, 4.69) is 0 Å². The molecule has 1 saturated carbocycles. The fourth-order valence-electron chi connectivity index (χ4n) is 2.92. The van der Waals surface area contributed by atoms with Crippen molar-refractivity contribution in [3.05, 3.63) is 24.3 Å². The van der Waals surface area contributed by atoms with Crippen LogP contribution < -0.4 is 9.64 Å². The second-order valence-electron chi connectivity index (χ2n) is 5.43. The van der Waals surface area contributed by atoms with Crippen LogP contribution in [-0.2, 0) is 9.59 Å². The summed E-state index contributed by atoms with van der Waals surface area (Å²) in [5, 5.41) is 9.30. The molecule has 0 aromatic heterocycles. The zero-order chi connectivity index (χ0) is 15.4. The third kappa shape index (κ3) is 3.35. The number of anilines is 1. The minimum Gasteiger partial charge on any atom is -0.497 e. The molecule has 1 aromatic carbocycles. The molecule has 0 aliphatic heterocycles. The van der Waals surface area contributed by atoms with Crippen LogP contribution >= 0.6 is 0 Å². The zero-order valence-corrected chi connectivity index (χ0v) is 12.4. The molecule has 5 nitrogen and oxygen atoms in total. The normalized spacial score (nSPS) is 21.6. The Kier molecular flexibility index (Phi) is 4.83. The summed E-state index contributed by atoms with van der Waals surface area (Å²) in [5.74, 6) is -1.33. The first kappa shape index (κ1) is 15.4. The molecular formula is C16H21NO4.